The molecule has 2 rings (SSSR count). The standard InChI is InChI=1S/C17H18BrNO4S/c1-2-3-4-12-5-8-14(9-6-12)19-24(22,23)16-10-7-13(18)11-15(16)17(20)21/h5-11,19H,2-4H2,1H3,(H,20,21). The van der Waals surface area contributed by atoms with Gasteiger partial charge in [-0.25, -0.2) is 13.2 Å². The summed E-state index contributed by atoms with van der Waals surface area (Å²) in [6.07, 6.45) is 3.11. The minimum atomic E-state index is -3.99. The Bertz CT molecular complexity index is 832. The molecule has 0 saturated carbocycles. The zero-order valence-electron chi connectivity index (χ0n) is 13.1. The molecule has 2 aromatic carbocycles. The Morgan fingerprint density at radius 2 is 1.83 bits per heavy atom. The van der Waals surface area contributed by atoms with E-state index in [0.717, 1.165) is 24.8 Å². The minimum absolute atomic E-state index is 0.270. The lowest BCUT2D eigenvalue weighted by molar-refractivity contribution is 0.0692. The van der Waals surface area contributed by atoms with E-state index in [1.807, 2.05) is 12.1 Å². The molecule has 0 atom stereocenters. The molecule has 0 heterocycles. The summed E-state index contributed by atoms with van der Waals surface area (Å²) >= 11 is 3.15. The van der Waals surface area contributed by atoms with E-state index >= 15 is 0 Å². The number of hydrogen-bond donors (Lipinski definition) is 2. The molecule has 0 fully saturated rings. The number of sulfonamides is 1. The van der Waals surface area contributed by atoms with Crippen LogP contribution in [0, 0.1) is 0 Å². The minimum Gasteiger partial charge on any atom is -0.478 e. The van der Waals surface area contributed by atoms with Crippen LogP contribution in [0.15, 0.2) is 51.8 Å². The summed E-state index contributed by atoms with van der Waals surface area (Å²) in [4.78, 5) is 11.0. The van der Waals surface area contributed by atoms with Gasteiger partial charge in [-0.3, -0.25) is 4.72 Å². The second-order valence-corrected chi connectivity index (χ2v) is 7.92. The fourth-order valence-electron chi connectivity index (χ4n) is 2.23. The second-order valence-electron chi connectivity index (χ2n) is 5.35. The quantitative estimate of drug-likeness (QED) is 0.711. The number of carbonyl (C=O) groups is 1. The smallest absolute Gasteiger partial charge is 0.337 e. The summed E-state index contributed by atoms with van der Waals surface area (Å²) in [5, 5.41) is 9.23. The van der Waals surface area contributed by atoms with Crippen LogP contribution in [0.1, 0.15) is 35.7 Å². The number of nitrogens with one attached hydrogen (secondary N) is 1. The Morgan fingerprint density at radius 3 is 2.42 bits per heavy atom. The number of aromatic carboxylic acids is 1. The number of anilines is 1. The number of unbranched alkanes of at least 4 members (excludes halogenated alkanes) is 1. The molecule has 0 unspecified atom stereocenters. The molecule has 0 aliphatic heterocycles. The molecule has 0 aliphatic rings. The van der Waals surface area contributed by atoms with E-state index in [1.54, 1.807) is 12.1 Å². The third-order valence-corrected chi connectivity index (χ3v) is 5.42. The van der Waals surface area contributed by atoms with Gasteiger partial charge in [-0.2, -0.15) is 0 Å². The summed E-state index contributed by atoms with van der Waals surface area (Å²) in [6.45, 7) is 2.11. The highest BCUT2D eigenvalue weighted by Gasteiger charge is 2.22. The zero-order chi connectivity index (χ0) is 17.7. The predicted octanol–water partition coefficient (Wildman–Crippen LogP) is 4.29. The molecule has 0 aromatic heterocycles. The van der Waals surface area contributed by atoms with Gasteiger partial charge in [0.2, 0.25) is 0 Å². The van der Waals surface area contributed by atoms with Crippen molar-refractivity contribution in [3.8, 4) is 0 Å². The fourth-order valence-corrected chi connectivity index (χ4v) is 3.83. The summed E-state index contributed by atoms with van der Waals surface area (Å²) < 4.78 is 27.9. The molecule has 0 aliphatic carbocycles. The van der Waals surface area contributed by atoms with Crippen LogP contribution in [0.2, 0.25) is 0 Å². The first-order valence-electron chi connectivity index (χ1n) is 7.48. The maximum absolute atomic E-state index is 12.5. The number of halogens is 1. The van der Waals surface area contributed by atoms with E-state index in [2.05, 4.69) is 27.6 Å². The van der Waals surface area contributed by atoms with Gasteiger partial charge in [0.15, 0.2) is 0 Å². The Kier molecular flexibility index (Phi) is 6.01. The summed E-state index contributed by atoms with van der Waals surface area (Å²) in [5.41, 5.74) is 1.25. The maximum atomic E-state index is 12.5. The Morgan fingerprint density at radius 1 is 1.17 bits per heavy atom. The van der Waals surface area contributed by atoms with Crippen LogP contribution in [-0.4, -0.2) is 19.5 Å². The highest BCUT2D eigenvalue weighted by Crippen LogP contribution is 2.23. The van der Waals surface area contributed by atoms with Crippen molar-refractivity contribution in [3.05, 3.63) is 58.1 Å². The molecule has 5 nitrogen and oxygen atoms in total. The monoisotopic (exact) mass is 411 g/mol. The molecule has 7 heteroatoms. The van der Waals surface area contributed by atoms with Crippen LogP contribution in [0.5, 0.6) is 0 Å². The number of rotatable bonds is 7. The van der Waals surface area contributed by atoms with Crippen LogP contribution in [-0.2, 0) is 16.4 Å². The normalized spacial score (nSPS) is 11.2. The van der Waals surface area contributed by atoms with E-state index in [9.17, 15) is 18.3 Å². The van der Waals surface area contributed by atoms with Crippen LogP contribution in [0.3, 0.4) is 0 Å². The molecule has 2 aromatic rings. The lowest BCUT2D eigenvalue weighted by Gasteiger charge is -2.11. The molecular formula is C17H18BrNO4S. The van der Waals surface area contributed by atoms with Crippen LogP contribution < -0.4 is 4.72 Å². The molecular weight excluding hydrogens is 394 g/mol. The lowest BCUT2D eigenvalue weighted by atomic mass is 10.1. The van der Waals surface area contributed by atoms with Crippen molar-refractivity contribution in [3.63, 3.8) is 0 Å². The van der Waals surface area contributed by atoms with Gasteiger partial charge in [-0.05, 0) is 48.7 Å². The Balaban J connectivity index is 2.27. The molecule has 2 N–H and O–H groups in total. The van der Waals surface area contributed by atoms with Crippen LogP contribution >= 0.6 is 15.9 Å². The first kappa shape index (κ1) is 18.5. The van der Waals surface area contributed by atoms with Crippen molar-refractivity contribution >= 4 is 37.6 Å². The second kappa shape index (κ2) is 7.81. The van der Waals surface area contributed by atoms with Crippen molar-refractivity contribution in [2.75, 3.05) is 4.72 Å². The third-order valence-electron chi connectivity index (χ3n) is 3.49. The SMILES string of the molecule is CCCCc1ccc(NS(=O)(=O)c2ccc(Br)cc2C(=O)O)cc1. The fraction of sp³-hybridized carbons (Fsp3) is 0.235. The van der Waals surface area contributed by atoms with Crippen LogP contribution in [0.25, 0.3) is 0 Å². The lowest BCUT2D eigenvalue weighted by Crippen LogP contribution is -2.17. The van der Waals surface area contributed by atoms with Gasteiger partial charge in [-0.15, -0.1) is 0 Å². The molecule has 128 valence electrons. The average molecular weight is 412 g/mol. The van der Waals surface area contributed by atoms with Crippen molar-refractivity contribution in [1.29, 1.82) is 0 Å². The molecule has 24 heavy (non-hydrogen) atoms. The number of aryl methyl sites for hydroxylation is 1. The molecule has 0 amide bonds. The average Bonchev–Trinajstić information content (AvgIpc) is 2.53. The molecule has 0 bridgehead atoms. The summed E-state index contributed by atoms with van der Waals surface area (Å²) in [6, 6.07) is 11.1. The van der Waals surface area contributed by atoms with Gasteiger partial charge in [0.1, 0.15) is 4.90 Å². The molecule has 0 spiro atoms. The first-order valence-corrected chi connectivity index (χ1v) is 9.75. The highest BCUT2D eigenvalue weighted by atomic mass is 79.9. The van der Waals surface area contributed by atoms with Gasteiger partial charge in [0, 0.05) is 10.2 Å². The van der Waals surface area contributed by atoms with Crippen molar-refractivity contribution in [1.82, 2.24) is 0 Å². The number of carboxylic acids is 1. The van der Waals surface area contributed by atoms with Gasteiger partial charge < -0.3 is 5.11 Å². The third kappa shape index (κ3) is 4.58. The van der Waals surface area contributed by atoms with Gasteiger partial charge in [-0.1, -0.05) is 41.4 Å². The molecule has 0 saturated heterocycles. The largest absolute Gasteiger partial charge is 0.478 e. The Hall–Kier alpha value is -1.86. The van der Waals surface area contributed by atoms with Gasteiger partial charge >= 0.3 is 5.97 Å². The van der Waals surface area contributed by atoms with E-state index in [4.69, 9.17) is 0 Å². The van der Waals surface area contributed by atoms with Gasteiger partial charge in [0.25, 0.3) is 10.0 Å². The van der Waals surface area contributed by atoms with Crippen molar-refractivity contribution in [2.24, 2.45) is 0 Å². The maximum Gasteiger partial charge on any atom is 0.337 e. The summed E-state index contributed by atoms with van der Waals surface area (Å²) in [7, 11) is -3.99. The zero-order valence-corrected chi connectivity index (χ0v) is 15.5. The van der Waals surface area contributed by atoms with Crippen LogP contribution in [0.4, 0.5) is 5.69 Å². The van der Waals surface area contributed by atoms with E-state index < -0.39 is 16.0 Å². The topological polar surface area (TPSA) is 83.5 Å². The van der Waals surface area contributed by atoms with E-state index in [0.29, 0.717) is 10.2 Å². The number of carboxylic acid groups (broad SMARTS) is 1. The number of benzene rings is 2. The number of hydrogen-bond acceptors (Lipinski definition) is 3. The summed E-state index contributed by atoms with van der Waals surface area (Å²) in [5.74, 6) is -1.30. The van der Waals surface area contributed by atoms with E-state index in [-0.39, 0.29) is 10.5 Å². The first-order chi connectivity index (χ1) is 11.3. The van der Waals surface area contributed by atoms with Gasteiger partial charge in [0.05, 0.1) is 5.56 Å². The molecule has 0 radical (unpaired) electrons. The van der Waals surface area contributed by atoms with E-state index in [1.165, 1.54) is 18.2 Å². The van der Waals surface area contributed by atoms with Crippen molar-refractivity contribution < 1.29 is 18.3 Å². The Labute approximate surface area is 149 Å². The van der Waals surface area contributed by atoms with Crippen molar-refractivity contribution in [2.45, 2.75) is 31.1 Å². The highest BCUT2D eigenvalue weighted by molar-refractivity contribution is 9.10. The predicted molar refractivity (Wildman–Crippen MR) is 97.0 cm³/mol.